The molecular weight excluding hydrogens is 290 g/mol. The molecule has 0 saturated carbocycles. The second-order valence-electron chi connectivity index (χ2n) is 6.87. The van der Waals surface area contributed by atoms with Gasteiger partial charge in [-0.15, -0.1) is 0 Å². The average molecular weight is 313 g/mol. The lowest BCUT2D eigenvalue weighted by Crippen LogP contribution is -2.21. The van der Waals surface area contributed by atoms with Gasteiger partial charge in [0, 0.05) is 51.1 Å². The molecule has 3 heterocycles. The molecular formula is C18H23N3O2. The van der Waals surface area contributed by atoms with Gasteiger partial charge in [-0.1, -0.05) is 23.4 Å². The summed E-state index contributed by atoms with van der Waals surface area (Å²) in [6.07, 6.45) is 0.462. The minimum absolute atomic E-state index is 0.221. The zero-order valence-electron chi connectivity index (χ0n) is 13.5. The summed E-state index contributed by atoms with van der Waals surface area (Å²) in [5, 5.41) is 17.7. The molecule has 5 nitrogen and oxygen atoms in total. The van der Waals surface area contributed by atoms with Crippen LogP contribution in [-0.4, -0.2) is 34.4 Å². The van der Waals surface area contributed by atoms with Crippen LogP contribution in [0.3, 0.4) is 0 Å². The van der Waals surface area contributed by atoms with Gasteiger partial charge in [0.25, 0.3) is 0 Å². The highest BCUT2D eigenvalue weighted by molar-refractivity contribution is 5.34. The molecule has 2 N–H and O–H groups in total. The van der Waals surface area contributed by atoms with Gasteiger partial charge in [-0.3, -0.25) is 4.90 Å². The third kappa shape index (κ3) is 3.17. The van der Waals surface area contributed by atoms with Crippen molar-refractivity contribution in [3.63, 3.8) is 0 Å². The lowest BCUT2D eigenvalue weighted by molar-refractivity contribution is 0.137. The second-order valence-corrected chi connectivity index (χ2v) is 6.87. The molecule has 0 spiro atoms. The van der Waals surface area contributed by atoms with Crippen LogP contribution in [0, 0.1) is 12.8 Å². The van der Waals surface area contributed by atoms with Crippen LogP contribution in [-0.2, 0) is 26.1 Å². The second kappa shape index (κ2) is 6.07. The number of rotatable bonds is 4. The average Bonchev–Trinajstić information content (AvgIpc) is 3.21. The third-order valence-corrected chi connectivity index (χ3v) is 4.93. The van der Waals surface area contributed by atoms with Crippen molar-refractivity contribution in [2.45, 2.75) is 39.1 Å². The highest BCUT2D eigenvalue weighted by atomic mass is 16.5. The summed E-state index contributed by atoms with van der Waals surface area (Å²) in [5.74, 6) is 1.09. The number of aromatic nitrogens is 1. The number of aryl methyl sites for hydroxylation is 1. The summed E-state index contributed by atoms with van der Waals surface area (Å²) in [6, 6.07) is 8.70. The Bertz CT molecular complexity index is 697. The molecule has 2 aliphatic rings. The summed E-state index contributed by atoms with van der Waals surface area (Å²) in [7, 11) is 0. The molecule has 0 amide bonds. The van der Waals surface area contributed by atoms with Crippen LogP contribution >= 0.6 is 0 Å². The first-order valence-corrected chi connectivity index (χ1v) is 8.31. The van der Waals surface area contributed by atoms with E-state index in [0.717, 1.165) is 50.6 Å². The van der Waals surface area contributed by atoms with Gasteiger partial charge < -0.3 is 14.9 Å². The lowest BCUT2D eigenvalue weighted by Gasteiger charge is -2.16. The van der Waals surface area contributed by atoms with Gasteiger partial charge in [0.1, 0.15) is 5.76 Å². The van der Waals surface area contributed by atoms with Crippen LogP contribution in [0.2, 0.25) is 0 Å². The van der Waals surface area contributed by atoms with Crippen LogP contribution < -0.4 is 5.32 Å². The smallest absolute Gasteiger partial charge is 0.137 e. The summed E-state index contributed by atoms with van der Waals surface area (Å²) in [4.78, 5) is 2.34. The van der Waals surface area contributed by atoms with Crippen LogP contribution in [0.5, 0.6) is 0 Å². The summed E-state index contributed by atoms with van der Waals surface area (Å²) >= 11 is 0. The van der Waals surface area contributed by atoms with Crippen LogP contribution in [0.15, 0.2) is 28.8 Å². The van der Waals surface area contributed by atoms with Gasteiger partial charge in [-0.05, 0) is 23.6 Å². The Hall–Kier alpha value is -1.69. The molecule has 1 aromatic heterocycles. The first-order valence-electron chi connectivity index (χ1n) is 8.31. The van der Waals surface area contributed by atoms with E-state index in [1.54, 1.807) is 0 Å². The number of hydrogen-bond donors (Lipinski definition) is 2. The number of aliphatic hydroxyl groups is 1. The minimum atomic E-state index is -0.295. The van der Waals surface area contributed by atoms with Crippen molar-refractivity contribution in [1.29, 1.82) is 0 Å². The predicted octanol–water partition coefficient (Wildman–Crippen LogP) is 1.62. The molecule has 23 heavy (non-hydrogen) atoms. The Labute approximate surface area is 136 Å². The minimum Gasteiger partial charge on any atom is -0.391 e. The van der Waals surface area contributed by atoms with Gasteiger partial charge in [-0.25, -0.2) is 0 Å². The molecule has 2 aromatic rings. The Balaban J connectivity index is 1.39. The number of benzene rings is 1. The van der Waals surface area contributed by atoms with E-state index in [1.165, 1.54) is 16.7 Å². The van der Waals surface area contributed by atoms with E-state index in [2.05, 4.69) is 33.6 Å². The fourth-order valence-electron chi connectivity index (χ4n) is 3.75. The van der Waals surface area contributed by atoms with Gasteiger partial charge in [-0.2, -0.15) is 0 Å². The summed E-state index contributed by atoms with van der Waals surface area (Å²) in [5.41, 5.74) is 5.05. The largest absolute Gasteiger partial charge is 0.391 e. The Morgan fingerprint density at radius 3 is 2.96 bits per heavy atom. The number of likely N-dealkylation sites (tertiary alicyclic amines) is 1. The first kappa shape index (κ1) is 14.9. The maximum Gasteiger partial charge on any atom is 0.137 e. The van der Waals surface area contributed by atoms with Gasteiger partial charge >= 0.3 is 0 Å². The van der Waals surface area contributed by atoms with Crippen LogP contribution in [0.4, 0.5) is 0 Å². The van der Waals surface area contributed by atoms with Crippen molar-refractivity contribution in [2.75, 3.05) is 13.1 Å². The zero-order valence-corrected chi connectivity index (χ0v) is 13.5. The van der Waals surface area contributed by atoms with Crippen LogP contribution in [0.1, 0.15) is 28.1 Å². The van der Waals surface area contributed by atoms with E-state index in [9.17, 15) is 5.11 Å². The molecule has 0 aliphatic carbocycles. The molecule has 1 aromatic carbocycles. The molecule has 0 bridgehead atoms. The van der Waals surface area contributed by atoms with E-state index >= 15 is 0 Å². The summed E-state index contributed by atoms with van der Waals surface area (Å²) in [6.45, 7) is 6.41. The molecule has 1 fully saturated rings. The predicted molar refractivity (Wildman–Crippen MR) is 86.7 cm³/mol. The van der Waals surface area contributed by atoms with Gasteiger partial charge in [0.05, 0.1) is 11.8 Å². The number of β-amino-alcohol motifs (C(OH)–C–C–N with tert-alkyl or cyclic N) is 1. The van der Waals surface area contributed by atoms with Crippen molar-refractivity contribution in [3.05, 3.63) is 52.4 Å². The van der Waals surface area contributed by atoms with Crippen molar-refractivity contribution >= 4 is 0 Å². The Kier molecular flexibility index (Phi) is 3.93. The zero-order chi connectivity index (χ0) is 15.8. The standard InChI is InChI=1S/C18H23N3O2/c1-12-4-17(23-20-12)6-16-10-21(11-18(16)22)9-13-2-3-14-7-19-8-15(14)5-13/h2-5,16,18-19,22H,6-11H2,1H3/t16-,18-/m1/s1. The lowest BCUT2D eigenvalue weighted by atomic mass is 10.0. The molecule has 0 radical (unpaired) electrons. The van der Waals surface area contributed by atoms with E-state index in [1.807, 2.05) is 13.0 Å². The van der Waals surface area contributed by atoms with Crippen molar-refractivity contribution < 1.29 is 9.63 Å². The molecule has 0 unspecified atom stereocenters. The Morgan fingerprint density at radius 2 is 2.13 bits per heavy atom. The highest BCUT2D eigenvalue weighted by Crippen LogP contribution is 2.24. The number of hydrogen-bond acceptors (Lipinski definition) is 5. The first-order chi connectivity index (χ1) is 11.2. The van der Waals surface area contributed by atoms with Crippen molar-refractivity contribution in [1.82, 2.24) is 15.4 Å². The molecule has 2 aliphatic heterocycles. The monoisotopic (exact) mass is 313 g/mol. The Morgan fingerprint density at radius 1 is 1.26 bits per heavy atom. The number of nitrogens with one attached hydrogen (secondary N) is 1. The molecule has 1 saturated heterocycles. The topological polar surface area (TPSA) is 61.5 Å². The maximum absolute atomic E-state index is 10.3. The van der Waals surface area contributed by atoms with Crippen molar-refractivity contribution in [3.8, 4) is 0 Å². The molecule has 5 heteroatoms. The highest BCUT2D eigenvalue weighted by Gasteiger charge is 2.32. The fraction of sp³-hybridized carbons (Fsp3) is 0.500. The molecule has 2 atom stereocenters. The number of nitrogens with zero attached hydrogens (tertiary/aromatic N) is 2. The van der Waals surface area contributed by atoms with Crippen LogP contribution in [0.25, 0.3) is 0 Å². The normalized spacial score (nSPS) is 24.3. The van der Waals surface area contributed by atoms with E-state index < -0.39 is 0 Å². The third-order valence-electron chi connectivity index (χ3n) is 4.93. The van der Waals surface area contributed by atoms with Gasteiger partial charge in [0.15, 0.2) is 0 Å². The number of fused-ring (bicyclic) bond motifs is 1. The molecule has 4 rings (SSSR count). The summed E-state index contributed by atoms with van der Waals surface area (Å²) < 4.78 is 5.29. The van der Waals surface area contributed by atoms with E-state index in [4.69, 9.17) is 4.52 Å². The quantitative estimate of drug-likeness (QED) is 0.898. The maximum atomic E-state index is 10.3. The number of aliphatic hydroxyl groups excluding tert-OH is 1. The van der Waals surface area contributed by atoms with Crippen molar-refractivity contribution in [2.24, 2.45) is 5.92 Å². The molecule has 122 valence electrons. The van der Waals surface area contributed by atoms with E-state index in [0.29, 0.717) is 0 Å². The van der Waals surface area contributed by atoms with E-state index in [-0.39, 0.29) is 12.0 Å². The SMILES string of the molecule is Cc1cc(C[C@@H]2CN(Cc3ccc4c(c3)CNC4)C[C@H]2O)on1. The van der Waals surface area contributed by atoms with Gasteiger partial charge in [0.2, 0.25) is 0 Å². The fourth-order valence-corrected chi connectivity index (χ4v) is 3.75.